The molecule has 0 aliphatic rings. The summed E-state index contributed by atoms with van der Waals surface area (Å²) in [5, 5.41) is 5.80. The van der Waals surface area contributed by atoms with Gasteiger partial charge < -0.3 is 15.5 Å². The molecular weight excluding hydrogens is 516 g/mol. The lowest BCUT2D eigenvalue weighted by Crippen LogP contribution is -2.27. The molecule has 0 saturated heterocycles. The molecule has 3 aromatic rings. The third-order valence-corrected chi connectivity index (χ3v) is 6.15. The summed E-state index contributed by atoms with van der Waals surface area (Å²) in [4.78, 5) is 8.01. The maximum absolute atomic E-state index is 14.8. The molecule has 14 heteroatoms. The van der Waals surface area contributed by atoms with Crippen LogP contribution >= 0.6 is 24.0 Å². The first-order valence-electron chi connectivity index (χ1n) is 9.52. The molecule has 0 saturated carbocycles. The first-order valence-corrected chi connectivity index (χ1v) is 11.4. The number of likely N-dealkylation sites (N-methyl/N-ethyl adjacent to an activating group) is 2. The molecule has 184 valence electrons. The van der Waals surface area contributed by atoms with E-state index in [1.165, 1.54) is 18.2 Å². The minimum absolute atomic E-state index is 0. The van der Waals surface area contributed by atoms with Crippen LogP contribution in [0.5, 0.6) is 0 Å². The van der Waals surface area contributed by atoms with Gasteiger partial charge in [-0.2, -0.15) is 0 Å². The van der Waals surface area contributed by atoms with Crippen LogP contribution in [-0.2, 0) is 10.0 Å². The average Bonchev–Trinajstić information content (AvgIpc) is 2.76. The first kappa shape index (κ1) is 27.4. The number of nitrogens with zero attached hydrogens (tertiary/aromatic N) is 3. The molecule has 0 unspecified atom stereocenters. The quantitative estimate of drug-likeness (QED) is 0.377. The molecule has 0 amide bonds. The van der Waals surface area contributed by atoms with Crippen molar-refractivity contribution in [3.05, 3.63) is 65.2 Å². The van der Waals surface area contributed by atoms with Crippen LogP contribution in [0.3, 0.4) is 0 Å². The number of sulfonamides is 1. The van der Waals surface area contributed by atoms with E-state index in [1.807, 2.05) is 4.72 Å². The second-order valence-electron chi connectivity index (χ2n) is 6.90. The highest BCUT2D eigenvalue weighted by molar-refractivity contribution is 7.92. The molecule has 3 rings (SSSR count). The van der Waals surface area contributed by atoms with E-state index in [0.29, 0.717) is 24.5 Å². The molecule has 3 N–H and O–H groups in total. The number of rotatable bonds is 9. The SMILES string of the molecule is CNCCN(C)c1cc(F)ccc1Nc1cc(F)c(S(=O)(=O)Nc2ncc(F)cn2)cc1Cl.Cl. The van der Waals surface area contributed by atoms with Gasteiger partial charge in [-0.25, -0.2) is 36.3 Å². The van der Waals surface area contributed by atoms with Crippen molar-refractivity contribution in [3.8, 4) is 0 Å². The fourth-order valence-corrected chi connectivity index (χ4v) is 4.16. The average molecular weight is 537 g/mol. The topological polar surface area (TPSA) is 99.2 Å². The van der Waals surface area contributed by atoms with Crippen molar-refractivity contribution >= 4 is 57.0 Å². The number of halogens is 5. The highest BCUT2D eigenvalue weighted by atomic mass is 35.5. The Kier molecular flexibility index (Phi) is 9.33. The minimum atomic E-state index is -4.46. The maximum atomic E-state index is 14.8. The van der Waals surface area contributed by atoms with Gasteiger partial charge in [-0.1, -0.05) is 11.6 Å². The smallest absolute Gasteiger partial charge is 0.267 e. The number of benzene rings is 2. The van der Waals surface area contributed by atoms with Crippen molar-refractivity contribution in [1.82, 2.24) is 15.3 Å². The third-order valence-electron chi connectivity index (χ3n) is 4.49. The summed E-state index contributed by atoms with van der Waals surface area (Å²) in [5.74, 6) is -2.77. The van der Waals surface area contributed by atoms with Gasteiger partial charge in [0.1, 0.15) is 16.5 Å². The molecule has 34 heavy (non-hydrogen) atoms. The predicted molar refractivity (Wildman–Crippen MR) is 128 cm³/mol. The second kappa shape index (κ2) is 11.6. The van der Waals surface area contributed by atoms with Gasteiger partial charge in [-0.05, 0) is 31.3 Å². The predicted octanol–water partition coefficient (Wildman–Crippen LogP) is 4.17. The van der Waals surface area contributed by atoms with E-state index in [-0.39, 0.29) is 23.1 Å². The van der Waals surface area contributed by atoms with Crippen molar-refractivity contribution in [2.45, 2.75) is 4.90 Å². The van der Waals surface area contributed by atoms with Gasteiger partial charge in [0.25, 0.3) is 10.0 Å². The molecule has 1 aromatic heterocycles. The summed E-state index contributed by atoms with van der Waals surface area (Å²) in [6, 6.07) is 5.83. The van der Waals surface area contributed by atoms with Crippen molar-refractivity contribution in [1.29, 1.82) is 0 Å². The van der Waals surface area contributed by atoms with E-state index in [2.05, 4.69) is 20.6 Å². The molecule has 0 aliphatic carbocycles. The summed E-state index contributed by atoms with van der Waals surface area (Å²) < 4.78 is 68.6. The summed E-state index contributed by atoms with van der Waals surface area (Å²) in [5.41, 5.74) is 0.999. The van der Waals surface area contributed by atoms with E-state index < -0.39 is 38.3 Å². The largest absolute Gasteiger partial charge is 0.372 e. The normalized spacial score (nSPS) is 11.0. The van der Waals surface area contributed by atoms with Gasteiger partial charge in [0.15, 0.2) is 5.82 Å². The Hall–Kier alpha value is -2.80. The Morgan fingerprint density at radius 1 is 1.03 bits per heavy atom. The van der Waals surface area contributed by atoms with Crippen LogP contribution in [0.25, 0.3) is 0 Å². The van der Waals surface area contributed by atoms with Crippen LogP contribution in [0.1, 0.15) is 0 Å². The first-order chi connectivity index (χ1) is 15.6. The molecule has 0 spiro atoms. The molecule has 0 aliphatic heterocycles. The fraction of sp³-hybridized carbons (Fsp3) is 0.200. The van der Waals surface area contributed by atoms with E-state index in [4.69, 9.17) is 11.6 Å². The number of hydrogen-bond donors (Lipinski definition) is 3. The number of aromatic nitrogens is 2. The molecule has 1 heterocycles. The van der Waals surface area contributed by atoms with Crippen LogP contribution in [0.15, 0.2) is 47.6 Å². The molecular formula is C20H21Cl2F3N6O2S. The summed E-state index contributed by atoms with van der Waals surface area (Å²) in [6.07, 6.45) is 1.52. The van der Waals surface area contributed by atoms with Crippen molar-refractivity contribution < 1.29 is 21.6 Å². The van der Waals surface area contributed by atoms with Gasteiger partial charge >= 0.3 is 0 Å². The van der Waals surface area contributed by atoms with Crippen molar-refractivity contribution in [2.75, 3.05) is 42.1 Å². The number of nitrogens with one attached hydrogen (secondary N) is 3. The monoisotopic (exact) mass is 536 g/mol. The van der Waals surface area contributed by atoms with Crippen LogP contribution in [0, 0.1) is 17.5 Å². The van der Waals surface area contributed by atoms with E-state index in [1.54, 1.807) is 19.0 Å². The second-order valence-corrected chi connectivity index (χ2v) is 8.96. The van der Waals surface area contributed by atoms with Crippen molar-refractivity contribution in [2.24, 2.45) is 0 Å². The molecule has 0 radical (unpaired) electrons. The Bertz CT molecular complexity index is 1250. The Balaban J connectivity index is 0.00000408. The van der Waals surface area contributed by atoms with Crippen LogP contribution in [0.4, 0.5) is 36.2 Å². The van der Waals surface area contributed by atoms with E-state index in [9.17, 15) is 21.6 Å². The molecule has 0 atom stereocenters. The lowest BCUT2D eigenvalue weighted by atomic mass is 10.2. The molecule has 8 nitrogen and oxygen atoms in total. The maximum Gasteiger partial charge on any atom is 0.267 e. The van der Waals surface area contributed by atoms with Crippen LogP contribution in [0.2, 0.25) is 5.02 Å². The molecule has 0 bridgehead atoms. The van der Waals surface area contributed by atoms with Gasteiger partial charge in [0.05, 0.1) is 34.5 Å². The van der Waals surface area contributed by atoms with Gasteiger partial charge in [0.2, 0.25) is 5.95 Å². The summed E-state index contributed by atoms with van der Waals surface area (Å²) in [6.45, 7) is 1.20. The Labute approximate surface area is 206 Å². The number of anilines is 4. The standard InChI is InChI=1S/C20H20ClF3N6O2S.ClH/c1-25-5-6-30(2)18-7-12(22)3-4-16(18)28-17-9-15(24)19(8-14(17)21)33(31,32)29-20-26-10-13(23)11-27-20;/h3-4,7-11,25,28H,5-6H2,1-2H3,(H,26,27,29);1H. The number of hydrogen-bond acceptors (Lipinski definition) is 7. The van der Waals surface area contributed by atoms with E-state index in [0.717, 1.165) is 24.5 Å². The highest BCUT2D eigenvalue weighted by Gasteiger charge is 2.23. The zero-order chi connectivity index (χ0) is 24.2. The summed E-state index contributed by atoms with van der Waals surface area (Å²) >= 11 is 6.23. The highest BCUT2D eigenvalue weighted by Crippen LogP contribution is 2.34. The lowest BCUT2D eigenvalue weighted by molar-refractivity contribution is 0.570. The Morgan fingerprint density at radius 2 is 1.71 bits per heavy atom. The van der Waals surface area contributed by atoms with Gasteiger partial charge in [-0.15, -0.1) is 12.4 Å². The lowest BCUT2D eigenvalue weighted by Gasteiger charge is -2.23. The minimum Gasteiger partial charge on any atom is -0.372 e. The summed E-state index contributed by atoms with van der Waals surface area (Å²) in [7, 11) is -0.908. The molecule has 0 fully saturated rings. The zero-order valence-corrected chi connectivity index (χ0v) is 20.3. The third kappa shape index (κ3) is 6.63. The molecule has 2 aromatic carbocycles. The van der Waals surface area contributed by atoms with Crippen LogP contribution < -0.4 is 20.3 Å². The van der Waals surface area contributed by atoms with Crippen LogP contribution in [-0.4, -0.2) is 45.6 Å². The van der Waals surface area contributed by atoms with E-state index >= 15 is 0 Å². The van der Waals surface area contributed by atoms with Gasteiger partial charge in [0, 0.05) is 26.2 Å². The van der Waals surface area contributed by atoms with Crippen molar-refractivity contribution in [3.63, 3.8) is 0 Å². The Morgan fingerprint density at radius 3 is 2.35 bits per heavy atom. The fourth-order valence-electron chi connectivity index (χ4n) is 2.84. The van der Waals surface area contributed by atoms with Gasteiger partial charge in [-0.3, -0.25) is 0 Å². The zero-order valence-electron chi connectivity index (χ0n) is 17.9.